The molecule has 2 N–H and O–H groups in total. The number of benzene rings is 1. The van der Waals surface area contributed by atoms with Crippen LogP contribution in [0.3, 0.4) is 0 Å². The molecule has 1 aromatic carbocycles. The summed E-state index contributed by atoms with van der Waals surface area (Å²) in [5.41, 5.74) is 9.02. The van der Waals surface area contributed by atoms with E-state index < -0.39 is 0 Å². The molecule has 0 spiro atoms. The van der Waals surface area contributed by atoms with Gasteiger partial charge in [0.15, 0.2) is 5.82 Å². The number of nitrogen functional groups attached to an aromatic ring is 1. The molecule has 122 valence electrons. The summed E-state index contributed by atoms with van der Waals surface area (Å²) in [5, 5.41) is 6.90. The Kier molecular flexibility index (Phi) is 4.98. The minimum absolute atomic E-state index is 0.480. The van der Waals surface area contributed by atoms with Crippen molar-refractivity contribution in [1.29, 1.82) is 0 Å². The van der Waals surface area contributed by atoms with Gasteiger partial charge in [-0.2, -0.15) is 5.10 Å². The van der Waals surface area contributed by atoms with E-state index >= 15 is 0 Å². The minimum atomic E-state index is 0.480. The van der Waals surface area contributed by atoms with Gasteiger partial charge in [0, 0.05) is 29.5 Å². The van der Waals surface area contributed by atoms with E-state index in [1.807, 2.05) is 22.9 Å². The second-order valence-electron chi connectivity index (χ2n) is 5.55. The number of rotatable bonds is 7. The van der Waals surface area contributed by atoms with Gasteiger partial charge >= 0.3 is 0 Å². The lowest BCUT2D eigenvalue weighted by molar-refractivity contribution is 0.182. The molecule has 0 fully saturated rings. The number of hydrogen-bond donors (Lipinski definition) is 1. The number of pyridine rings is 1. The molecule has 0 aliphatic heterocycles. The molecule has 3 rings (SSSR count). The van der Waals surface area contributed by atoms with Gasteiger partial charge in [0.1, 0.15) is 5.52 Å². The highest BCUT2D eigenvalue weighted by Gasteiger charge is 2.17. The molecule has 2 heterocycles. The zero-order chi connectivity index (χ0) is 16.2. The third-order valence-corrected chi connectivity index (χ3v) is 4.29. The summed E-state index contributed by atoms with van der Waals surface area (Å²) in [4.78, 5) is 4.48. The van der Waals surface area contributed by atoms with Crippen LogP contribution in [0.1, 0.15) is 18.5 Å². The van der Waals surface area contributed by atoms with Gasteiger partial charge < -0.3 is 10.5 Å². The smallest absolute Gasteiger partial charge is 0.152 e. The molecule has 2 aromatic heterocycles. The van der Waals surface area contributed by atoms with Crippen LogP contribution in [0, 0.1) is 0 Å². The van der Waals surface area contributed by atoms with Crippen LogP contribution in [0.4, 0.5) is 5.82 Å². The van der Waals surface area contributed by atoms with Crippen LogP contribution in [0.5, 0.6) is 0 Å². The van der Waals surface area contributed by atoms with Crippen molar-refractivity contribution in [3.8, 4) is 0 Å². The number of ether oxygens (including phenoxy) is 1. The zero-order valence-electron chi connectivity index (χ0n) is 13.3. The van der Waals surface area contributed by atoms with E-state index in [0.717, 1.165) is 41.1 Å². The third kappa shape index (κ3) is 3.12. The van der Waals surface area contributed by atoms with E-state index in [1.54, 1.807) is 7.11 Å². The molecule has 0 saturated heterocycles. The lowest BCUT2D eigenvalue weighted by Gasteiger charge is -2.08. The third-order valence-electron chi connectivity index (χ3n) is 4.02. The van der Waals surface area contributed by atoms with Crippen molar-refractivity contribution >= 4 is 39.2 Å². The van der Waals surface area contributed by atoms with Crippen LogP contribution < -0.4 is 5.73 Å². The topological polar surface area (TPSA) is 66.0 Å². The molecule has 3 aromatic rings. The molecule has 23 heavy (non-hydrogen) atoms. The summed E-state index contributed by atoms with van der Waals surface area (Å²) in [6.07, 6.45) is 2.92. The van der Waals surface area contributed by atoms with Crippen molar-refractivity contribution in [2.45, 2.75) is 25.8 Å². The number of nitrogens with zero attached hydrogens (tertiary/aromatic N) is 3. The largest absolute Gasteiger partial charge is 0.383 e. The van der Waals surface area contributed by atoms with Gasteiger partial charge in [-0.15, -0.1) is 11.6 Å². The van der Waals surface area contributed by atoms with E-state index in [9.17, 15) is 0 Å². The number of fused-ring (bicyclic) bond motifs is 3. The Morgan fingerprint density at radius 3 is 2.87 bits per heavy atom. The van der Waals surface area contributed by atoms with Crippen LogP contribution in [0.15, 0.2) is 24.3 Å². The maximum atomic E-state index is 6.15. The van der Waals surface area contributed by atoms with Crippen LogP contribution in [-0.2, 0) is 17.7 Å². The average molecular weight is 333 g/mol. The molecule has 0 amide bonds. The Morgan fingerprint density at radius 2 is 2.09 bits per heavy atom. The van der Waals surface area contributed by atoms with Crippen molar-refractivity contribution in [3.05, 3.63) is 30.0 Å². The Bertz CT molecular complexity index is 815. The van der Waals surface area contributed by atoms with Gasteiger partial charge in [-0.1, -0.05) is 18.2 Å². The first-order valence-corrected chi connectivity index (χ1v) is 8.38. The van der Waals surface area contributed by atoms with Gasteiger partial charge in [0.05, 0.1) is 18.7 Å². The number of anilines is 1. The van der Waals surface area contributed by atoms with Gasteiger partial charge in [-0.05, 0) is 25.3 Å². The predicted molar refractivity (Wildman–Crippen MR) is 95.0 cm³/mol. The molecule has 0 atom stereocenters. The quantitative estimate of drug-likeness (QED) is 0.532. The van der Waals surface area contributed by atoms with Crippen LogP contribution in [0.2, 0.25) is 0 Å². The fourth-order valence-corrected chi connectivity index (χ4v) is 3.12. The van der Waals surface area contributed by atoms with Crippen LogP contribution >= 0.6 is 11.6 Å². The molecular weight excluding hydrogens is 312 g/mol. The summed E-state index contributed by atoms with van der Waals surface area (Å²) in [7, 11) is 1.70. The van der Waals surface area contributed by atoms with Gasteiger partial charge in [0.2, 0.25) is 0 Å². The van der Waals surface area contributed by atoms with Crippen molar-refractivity contribution in [3.63, 3.8) is 0 Å². The summed E-state index contributed by atoms with van der Waals surface area (Å²) < 4.78 is 7.22. The predicted octanol–water partition coefficient (Wildman–Crippen LogP) is 3.37. The highest BCUT2D eigenvalue weighted by atomic mass is 35.5. The lowest BCUT2D eigenvalue weighted by Crippen LogP contribution is -2.09. The maximum Gasteiger partial charge on any atom is 0.152 e. The Hall–Kier alpha value is -1.85. The Balaban J connectivity index is 2.19. The fourth-order valence-electron chi connectivity index (χ4n) is 2.93. The first-order chi connectivity index (χ1) is 11.3. The minimum Gasteiger partial charge on any atom is -0.383 e. The van der Waals surface area contributed by atoms with E-state index in [-0.39, 0.29) is 0 Å². The van der Waals surface area contributed by atoms with Gasteiger partial charge in [-0.3, -0.25) is 4.68 Å². The van der Waals surface area contributed by atoms with Crippen LogP contribution in [-0.4, -0.2) is 34.4 Å². The monoisotopic (exact) mass is 332 g/mol. The van der Waals surface area contributed by atoms with Crippen molar-refractivity contribution in [1.82, 2.24) is 14.8 Å². The van der Waals surface area contributed by atoms with E-state index in [4.69, 9.17) is 27.2 Å². The molecule has 6 heteroatoms. The number of unbranched alkanes of at least 4 members (excludes halogenated alkanes) is 1. The second kappa shape index (κ2) is 7.15. The normalized spacial score (nSPS) is 11.6. The lowest BCUT2D eigenvalue weighted by atomic mass is 10.1. The fraction of sp³-hybridized carbons (Fsp3) is 0.412. The summed E-state index contributed by atoms with van der Waals surface area (Å²) >= 11 is 5.83. The van der Waals surface area contributed by atoms with E-state index in [0.29, 0.717) is 24.8 Å². The van der Waals surface area contributed by atoms with Gasteiger partial charge in [0.25, 0.3) is 0 Å². The Morgan fingerprint density at radius 1 is 1.26 bits per heavy atom. The van der Waals surface area contributed by atoms with Crippen LogP contribution in [0.25, 0.3) is 21.8 Å². The maximum absolute atomic E-state index is 6.15. The Labute approximate surface area is 140 Å². The molecule has 0 unspecified atom stereocenters. The number of methoxy groups -OCH3 is 1. The molecule has 0 radical (unpaired) electrons. The second-order valence-corrected chi connectivity index (χ2v) is 5.92. The summed E-state index contributed by atoms with van der Waals surface area (Å²) in [5.74, 6) is 1.16. The first-order valence-electron chi connectivity index (χ1n) is 7.84. The van der Waals surface area contributed by atoms with E-state index in [2.05, 4.69) is 11.1 Å². The molecule has 0 saturated carbocycles. The van der Waals surface area contributed by atoms with Crippen molar-refractivity contribution in [2.75, 3.05) is 25.3 Å². The number of nitrogens with two attached hydrogens (primary N) is 1. The number of aryl methyl sites for hydroxylation is 1. The average Bonchev–Trinajstić information content (AvgIpc) is 2.93. The highest BCUT2D eigenvalue weighted by molar-refractivity contribution is 6.17. The number of aromatic nitrogens is 3. The molecule has 0 aliphatic rings. The number of para-hydroxylation sites is 1. The summed E-state index contributed by atoms with van der Waals surface area (Å²) in [6, 6.07) is 8.06. The number of hydrogen-bond acceptors (Lipinski definition) is 4. The standard InChI is InChI=1S/C17H21ClN4O/c1-23-11-10-22-14(8-4-5-9-18)15-12-6-2-3-7-13(12)20-17(19)16(15)21-22/h2-3,6-7H,4-5,8-11H2,1H3,(H2,19,20). The molecule has 5 nitrogen and oxygen atoms in total. The van der Waals surface area contributed by atoms with Crippen molar-refractivity contribution < 1.29 is 4.74 Å². The number of alkyl halides is 1. The SMILES string of the molecule is COCCn1nc2c(N)nc3ccccc3c2c1CCCCCl. The number of halogens is 1. The highest BCUT2D eigenvalue weighted by Crippen LogP contribution is 2.31. The molecule has 0 aliphatic carbocycles. The van der Waals surface area contributed by atoms with Gasteiger partial charge in [-0.25, -0.2) is 4.98 Å². The van der Waals surface area contributed by atoms with E-state index in [1.165, 1.54) is 5.69 Å². The summed E-state index contributed by atoms with van der Waals surface area (Å²) in [6.45, 7) is 1.32. The molecular formula is C17H21ClN4O. The first kappa shape index (κ1) is 16.0. The van der Waals surface area contributed by atoms with Crippen molar-refractivity contribution in [2.24, 2.45) is 0 Å². The molecule has 0 bridgehead atoms. The zero-order valence-corrected chi connectivity index (χ0v) is 14.0.